The van der Waals surface area contributed by atoms with E-state index in [1.807, 2.05) is 7.05 Å². The van der Waals surface area contributed by atoms with Crippen molar-refractivity contribution in [2.45, 2.75) is 130 Å². The predicted octanol–water partition coefficient (Wildman–Crippen LogP) is 7.16. The molecule has 160 valence electrons. The summed E-state index contributed by atoms with van der Waals surface area (Å²) in [5.41, 5.74) is 3.12. The van der Waals surface area contributed by atoms with Crippen molar-refractivity contribution >= 4 is 0 Å². The number of rotatable bonds is 16. The molecule has 0 saturated heterocycles. The first-order chi connectivity index (χ1) is 13.0. The van der Waals surface area contributed by atoms with Crippen LogP contribution in [0.5, 0.6) is 0 Å². The third-order valence-corrected chi connectivity index (χ3v) is 6.69. The molecule has 1 rings (SSSR count). The van der Waals surface area contributed by atoms with Gasteiger partial charge in [-0.3, -0.25) is 0 Å². The van der Waals surface area contributed by atoms with Crippen molar-refractivity contribution in [2.75, 3.05) is 13.6 Å². The summed E-state index contributed by atoms with van der Waals surface area (Å²) in [4.78, 5) is 0. The van der Waals surface area contributed by atoms with Gasteiger partial charge in [0.25, 0.3) is 0 Å². The number of hydrogen-bond donors (Lipinski definition) is 2. The molecule has 0 spiro atoms. The van der Waals surface area contributed by atoms with Gasteiger partial charge in [-0.2, -0.15) is 0 Å². The molecule has 1 aliphatic carbocycles. The van der Waals surface area contributed by atoms with E-state index >= 15 is 0 Å². The lowest BCUT2D eigenvalue weighted by atomic mass is 9.70. The minimum Gasteiger partial charge on any atom is -0.389 e. The Balaban J connectivity index is 1.93. The number of aliphatic hydroxyl groups excluding tert-OH is 1. The number of allylic oxidation sites excluding steroid dienone is 1. The van der Waals surface area contributed by atoms with E-state index in [-0.39, 0.29) is 6.10 Å². The molecule has 0 aliphatic heterocycles. The number of nitrogens with one attached hydrogen (secondary N) is 1. The van der Waals surface area contributed by atoms with Gasteiger partial charge in [0, 0.05) is 0 Å². The summed E-state index contributed by atoms with van der Waals surface area (Å²) in [6, 6.07) is 0. The van der Waals surface area contributed by atoms with Gasteiger partial charge in [0.1, 0.15) is 0 Å². The summed E-state index contributed by atoms with van der Waals surface area (Å²) in [5, 5.41) is 13.4. The van der Waals surface area contributed by atoms with E-state index in [0.29, 0.717) is 5.41 Å². The molecule has 0 aromatic heterocycles. The standard InChI is InChI=1S/C25H49NO/c1-22-23(25(2,3)20-19-24(22)27)18-16-14-12-10-8-6-5-7-9-11-13-15-17-21-26-4/h24,26-27H,5-21H2,1-4H3. The van der Waals surface area contributed by atoms with E-state index in [1.54, 1.807) is 5.57 Å². The van der Waals surface area contributed by atoms with E-state index in [0.717, 1.165) is 12.8 Å². The second-order valence-electron chi connectivity index (χ2n) is 9.55. The van der Waals surface area contributed by atoms with Crippen LogP contribution in [0, 0.1) is 5.41 Å². The van der Waals surface area contributed by atoms with Crippen LogP contribution in [0.4, 0.5) is 0 Å². The molecule has 0 amide bonds. The van der Waals surface area contributed by atoms with Crippen molar-refractivity contribution in [2.24, 2.45) is 5.41 Å². The summed E-state index contributed by atoms with van der Waals surface area (Å²) in [6.07, 6.45) is 21.3. The minimum atomic E-state index is -0.179. The van der Waals surface area contributed by atoms with E-state index in [4.69, 9.17) is 0 Å². The zero-order valence-electron chi connectivity index (χ0n) is 19.0. The lowest BCUT2D eigenvalue weighted by Crippen LogP contribution is -2.28. The van der Waals surface area contributed by atoms with Crippen molar-refractivity contribution < 1.29 is 5.11 Å². The maximum absolute atomic E-state index is 10.1. The summed E-state index contributed by atoms with van der Waals surface area (Å²) in [5.74, 6) is 0. The molecule has 0 heterocycles. The number of unbranched alkanes of at least 4 members (excludes halogenated alkanes) is 12. The van der Waals surface area contributed by atoms with E-state index < -0.39 is 0 Å². The van der Waals surface area contributed by atoms with E-state index in [9.17, 15) is 5.11 Å². The fraction of sp³-hybridized carbons (Fsp3) is 0.920. The highest BCUT2D eigenvalue weighted by molar-refractivity contribution is 5.25. The molecular formula is C25H49NO. The third kappa shape index (κ3) is 10.7. The van der Waals surface area contributed by atoms with Crippen LogP contribution in [0.15, 0.2) is 11.1 Å². The normalized spacial score (nSPS) is 19.7. The van der Waals surface area contributed by atoms with E-state index in [1.165, 1.54) is 102 Å². The number of hydrogen-bond acceptors (Lipinski definition) is 2. The maximum Gasteiger partial charge on any atom is 0.0750 e. The molecule has 0 fully saturated rings. The van der Waals surface area contributed by atoms with Gasteiger partial charge in [0.2, 0.25) is 0 Å². The molecule has 1 aliphatic rings. The molecule has 0 radical (unpaired) electrons. The van der Waals surface area contributed by atoms with Gasteiger partial charge in [-0.15, -0.1) is 0 Å². The molecule has 2 N–H and O–H groups in total. The van der Waals surface area contributed by atoms with Crippen LogP contribution in [-0.2, 0) is 0 Å². The fourth-order valence-corrected chi connectivity index (χ4v) is 4.68. The van der Waals surface area contributed by atoms with Gasteiger partial charge in [-0.1, -0.05) is 90.0 Å². The Morgan fingerprint density at radius 3 is 1.74 bits per heavy atom. The second kappa shape index (κ2) is 14.6. The van der Waals surface area contributed by atoms with Gasteiger partial charge < -0.3 is 10.4 Å². The van der Waals surface area contributed by atoms with Crippen LogP contribution >= 0.6 is 0 Å². The SMILES string of the molecule is CNCCCCCCCCCCCCCCCC1=C(C)C(O)CCC1(C)C. The maximum atomic E-state index is 10.1. The summed E-state index contributed by atoms with van der Waals surface area (Å²) in [6.45, 7) is 8.06. The molecule has 1 atom stereocenters. The van der Waals surface area contributed by atoms with Crippen molar-refractivity contribution in [3.8, 4) is 0 Å². The lowest BCUT2D eigenvalue weighted by Gasteiger charge is -2.37. The molecule has 1 unspecified atom stereocenters. The van der Waals surface area contributed by atoms with Gasteiger partial charge >= 0.3 is 0 Å². The highest BCUT2D eigenvalue weighted by Gasteiger charge is 2.31. The van der Waals surface area contributed by atoms with Crippen LogP contribution in [0.1, 0.15) is 124 Å². The average molecular weight is 380 g/mol. The highest BCUT2D eigenvalue weighted by atomic mass is 16.3. The Hall–Kier alpha value is -0.340. The number of aliphatic hydroxyl groups is 1. The van der Waals surface area contributed by atoms with Crippen molar-refractivity contribution in [1.29, 1.82) is 0 Å². The van der Waals surface area contributed by atoms with Crippen LogP contribution in [-0.4, -0.2) is 24.8 Å². The first-order valence-corrected chi connectivity index (χ1v) is 12.0. The second-order valence-corrected chi connectivity index (χ2v) is 9.55. The first-order valence-electron chi connectivity index (χ1n) is 12.0. The molecule has 0 saturated carbocycles. The Bertz CT molecular complexity index is 399. The molecular weight excluding hydrogens is 330 g/mol. The smallest absolute Gasteiger partial charge is 0.0750 e. The van der Waals surface area contributed by atoms with Crippen LogP contribution in [0.25, 0.3) is 0 Å². The first kappa shape index (κ1) is 24.7. The zero-order chi connectivity index (χ0) is 20.0. The summed E-state index contributed by atoms with van der Waals surface area (Å²) >= 11 is 0. The van der Waals surface area contributed by atoms with Crippen molar-refractivity contribution in [3.63, 3.8) is 0 Å². The fourth-order valence-electron chi connectivity index (χ4n) is 4.68. The van der Waals surface area contributed by atoms with Gasteiger partial charge in [0.05, 0.1) is 6.10 Å². The van der Waals surface area contributed by atoms with Crippen molar-refractivity contribution in [1.82, 2.24) is 5.32 Å². The average Bonchev–Trinajstić information content (AvgIpc) is 2.64. The summed E-state index contributed by atoms with van der Waals surface area (Å²) < 4.78 is 0. The third-order valence-electron chi connectivity index (χ3n) is 6.69. The molecule has 0 aromatic rings. The van der Waals surface area contributed by atoms with Crippen LogP contribution in [0.3, 0.4) is 0 Å². The Morgan fingerprint density at radius 2 is 1.26 bits per heavy atom. The highest BCUT2D eigenvalue weighted by Crippen LogP contribution is 2.42. The monoisotopic (exact) mass is 379 g/mol. The lowest BCUT2D eigenvalue weighted by molar-refractivity contribution is 0.158. The molecule has 2 nitrogen and oxygen atoms in total. The summed E-state index contributed by atoms with van der Waals surface area (Å²) in [7, 11) is 2.04. The predicted molar refractivity (Wildman–Crippen MR) is 120 cm³/mol. The molecule has 27 heavy (non-hydrogen) atoms. The largest absolute Gasteiger partial charge is 0.389 e. The van der Waals surface area contributed by atoms with Crippen molar-refractivity contribution in [3.05, 3.63) is 11.1 Å². The van der Waals surface area contributed by atoms with Gasteiger partial charge in [-0.25, -0.2) is 0 Å². The van der Waals surface area contributed by atoms with Gasteiger partial charge in [0.15, 0.2) is 0 Å². The minimum absolute atomic E-state index is 0.179. The Morgan fingerprint density at radius 1 is 0.815 bits per heavy atom. The zero-order valence-corrected chi connectivity index (χ0v) is 19.0. The van der Waals surface area contributed by atoms with Gasteiger partial charge in [-0.05, 0) is 63.6 Å². The van der Waals surface area contributed by atoms with E-state index in [2.05, 4.69) is 26.1 Å². The molecule has 2 heteroatoms. The molecule has 0 aromatic carbocycles. The molecule has 0 bridgehead atoms. The van der Waals surface area contributed by atoms with Crippen LogP contribution in [0.2, 0.25) is 0 Å². The quantitative estimate of drug-likeness (QED) is 0.220. The topological polar surface area (TPSA) is 32.3 Å². The van der Waals surface area contributed by atoms with Crippen LogP contribution < -0.4 is 5.32 Å². The Labute approximate surface area is 170 Å². The Kier molecular flexibility index (Phi) is 13.4.